The summed E-state index contributed by atoms with van der Waals surface area (Å²) in [5.41, 5.74) is 1.98. The summed E-state index contributed by atoms with van der Waals surface area (Å²) in [6.45, 7) is 1.33. The first kappa shape index (κ1) is 22.4. The normalized spacial score (nSPS) is 11.0. The molecule has 7 heteroatoms. The third kappa shape index (κ3) is 5.64. The molecule has 0 aliphatic heterocycles. The highest BCUT2D eigenvalue weighted by atomic mass is 32.2. The predicted molar refractivity (Wildman–Crippen MR) is 125 cm³/mol. The van der Waals surface area contributed by atoms with Crippen molar-refractivity contribution in [1.82, 2.24) is 5.32 Å². The summed E-state index contributed by atoms with van der Waals surface area (Å²) >= 11 is 0. The molecule has 0 unspecified atom stereocenters. The molecule has 0 spiro atoms. The van der Waals surface area contributed by atoms with Gasteiger partial charge in [0, 0.05) is 38.4 Å². The van der Waals surface area contributed by atoms with E-state index in [0.29, 0.717) is 17.8 Å². The fraction of sp³-hybridized carbons (Fsp3) is 0.208. The van der Waals surface area contributed by atoms with E-state index in [-0.39, 0.29) is 10.8 Å². The number of carbonyl (C=O) groups excluding carboxylic acids is 1. The number of anilines is 2. The van der Waals surface area contributed by atoms with Crippen LogP contribution in [0.2, 0.25) is 0 Å². The molecule has 0 aromatic heterocycles. The maximum atomic E-state index is 12.8. The fourth-order valence-electron chi connectivity index (χ4n) is 3.16. The molecule has 3 rings (SSSR count). The van der Waals surface area contributed by atoms with Crippen LogP contribution in [0.3, 0.4) is 0 Å². The molecule has 0 bridgehead atoms. The molecule has 0 radical (unpaired) electrons. The Labute approximate surface area is 184 Å². The summed E-state index contributed by atoms with van der Waals surface area (Å²) in [4.78, 5) is 14.9. The molecule has 0 saturated carbocycles. The van der Waals surface area contributed by atoms with E-state index in [1.165, 1.54) is 11.4 Å². The van der Waals surface area contributed by atoms with Crippen molar-refractivity contribution in [2.75, 3.05) is 36.4 Å². The van der Waals surface area contributed by atoms with Gasteiger partial charge in [-0.2, -0.15) is 0 Å². The molecule has 0 aliphatic rings. The van der Waals surface area contributed by atoms with Crippen LogP contribution in [0.15, 0.2) is 89.8 Å². The van der Waals surface area contributed by atoms with Crippen molar-refractivity contribution in [1.29, 1.82) is 0 Å². The smallest absolute Gasteiger partial charge is 0.264 e. The highest BCUT2D eigenvalue weighted by Gasteiger charge is 2.21. The number of hydrogen-bond acceptors (Lipinski definition) is 4. The molecule has 1 amide bonds. The Morgan fingerprint density at radius 3 is 2.13 bits per heavy atom. The fourth-order valence-corrected chi connectivity index (χ4v) is 4.37. The molecular weight excluding hydrogens is 410 g/mol. The molecule has 162 valence electrons. The Morgan fingerprint density at radius 1 is 0.839 bits per heavy atom. The topological polar surface area (TPSA) is 69.7 Å². The Morgan fingerprint density at radius 2 is 1.45 bits per heavy atom. The number of sulfonamides is 1. The molecule has 3 aromatic rings. The highest BCUT2D eigenvalue weighted by Crippen LogP contribution is 2.22. The van der Waals surface area contributed by atoms with Gasteiger partial charge in [-0.3, -0.25) is 9.10 Å². The molecule has 0 saturated heterocycles. The zero-order valence-electron chi connectivity index (χ0n) is 17.7. The highest BCUT2D eigenvalue weighted by molar-refractivity contribution is 7.92. The lowest BCUT2D eigenvalue weighted by atomic mass is 10.2. The maximum Gasteiger partial charge on any atom is 0.264 e. The lowest BCUT2D eigenvalue weighted by molar-refractivity contribution is 0.0953. The molecule has 3 aromatic carbocycles. The van der Waals surface area contributed by atoms with Gasteiger partial charge in [0.15, 0.2) is 0 Å². The number of amides is 1. The zero-order valence-corrected chi connectivity index (χ0v) is 18.5. The number of carbonyl (C=O) groups is 1. The van der Waals surface area contributed by atoms with Crippen LogP contribution >= 0.6 is 0 Å². The molecular formula is C24H27N3O3S. The van der Waals surface area contributed by atoms with Crippen molar-refractivity contribution in [2.45, 2.75) is 11.3 Å². The van der Waals surface area contributed by atoms with Gasteiger partial charge in [0.05, 0.1) is 10.6 Å². The Hall–Kier alpha value is -3.32. The minimum absolute atomic E-state index is 0.204. The molecule has 0 atom stereocenters. The van der Waals surface area contributed by atoms with E-state index in [9.17, 15) is 13.2 Å². The van der Waals surface area contributed by atoms with Gasteiger partial charge in [-0.25, -0.2) is 8.42 Å². The second-order valence-electron chi connectivity index (χ2n) is 7.20. The summed E-state index contributed by atoms with van der Waals surface area (Å²) in [6.07, 6.45) is 0.791. The van der Waals surface area contributed by atoms with Crippen LogP contribution in [-0.4, -0.2) is 41.5 Å². The van der Waals surface area contributed by atoms with Crippen molar-refractivity contribution in [2.24, 2.45) is 0 Å². The zero-order chi connectivity index (χ0) is 22.3. The Balaban J connectivity index is 1.59. The van der Waals surface area contributed by atoms with Crippen LogP contribution < -0.4 is 14.5 Å². The van der Waals surface area contributed by atoms with Gasteiger partial charge < -0.3 is 10.2 Å². The minimum Gasteiger partial charge on any atom is -0.375 e. The van der Waals surface area contributed by atoms with E-state index >= 15 is 0 Å². The van der Waals surface area contributed by atoms with E-state index in [4.69, 9.17) is 0 Å². The lowest BCUT2D eigenvalue weighted by Crippen LogP contribution is -2.29. The van der Waals surface area contributed by atoms with Gasteiger partial charge in [-0.05, 0) is 48.9 Å². The van der Waals surface area contributed by atoms with E-state index in [2.05, 4.69) is 10.2 Å². The number of para-hydroxylation sites is 1. The van der Waals surface area contributed by atoms with E-state index in [0.717, 1.165) is 18.7 Å². The average Bonchev–Trinajstić information content (AvgIpc) is 2.82. The number of benzene rings is 3. The molecule has 1 N–H and O–H groups in total. The number of nitrogens with zero attached hydrogens (tertiary/aromatic N) is 2. The quantitative estimate of drug-likeness (QED) is 0.518. The summed E-state index contributed by atoms with van der Waals surface area (Å²) in [5, 5.41) is 2.91. The molecule has 6 nitrogen and oxygen atoms in total. The average molecular weight is 438 g/mol. The number of rotatable bonds is 9. The van der Waals surface area contributed by atoms with Crippen LogP contribution in [0.1, 0.15) is 16.8 Å². The van der Waals surface area contributed by atoms with Gasteiger partial charge in [-0.15, -0.1) is 0 Å². The molecule has 0 aliphatic carbocycles. The van der Waals surface area contributed by atoms with Gasteiger partial charge in [0.2, 0.25) is 0 Å². The van der Waals surface area contributed by atoms with Crippen molar-refractivity contribution >= 4 is 27.3 Å². The van der Waals surface area contributed by atoms with Crippen molar-refractivity contribution < 1.29 is 13.2 Å². The van der Waals surface area contributed by atoms with Crippen LogP contribution in [-0.2, 0) is 10.0 Å². The first-order valence-corrected chi connectivity index (χ1v) is 11.5. The Bertz CT molecular complexity index is 1100. The first-order valence-electron chi connectivity index (χ1n) is 10.1. The van der Waals surface area contributed by atoms with Crippen LogP contribution in [0.5, 0.6) is 0 Å². The standard InChI is InChI=1S/C24H27N3O3S/c1-26(21-12-5-3-6-13-21)18-10-17-25-24(28)20-11-9-14-22(19-20)27(2)31(29,30)23-15-7-4-8-16-23/h3-9,11-16,19H,10,17-18H2,1-2H3,(H,25,28). The predicted octanol–water partition coefficient (Wildman–Crippen LogP) is 3.77. The van der Waals surface area contributed by atoms with Crippen molar-refractivity contribution in [3.63, 3.8) is 0 Å². The van der Waals surface area contributed by atoms with Crippen LogP contribution in [0.25, 0.3) is 0 Å². The summed E-state index contributed by atoms with van der Waals surface area (Å²) in [5.74, 6) is -0.227. The number of hydrogen-bond donors (Lipinski definition) is 1. The maximum absolute atomic E-state index is 12.8. The monoisotopic (exact) mass is 437 g/mol. The third-order valence-electron chi connectivity index (χ3n) is 5.03. The van der Waals surface area contributed by atoms with Crippen molar-refractivity contribution in [3.05, 3.63) is 90.5 Å². The molecule has 31 heavy (non-hydrogen) atoms. The summed E-state index contributed by atoms with van der Waals surface area (Å²) in [6, 6.07) is 24.9. The largest absolute Gasteiger partial charge is 0.375 e. The van der Waals surface area contributed by atoms with E-state index in [1.807, 2.05) is 37.4 Å². The van der Waals surface area contributed by atoms with E-state index in [1.54, 1.807) is 54.6 Å². The molecule has 0 heterocycles. The van der Waals surface area contributed by atoms with Gasteiger partial charge in [0.25, 0.3) is 15.9 Å². The second-order valence-corrected chi connectivity index (χ2v) is 9.17. The van der Waals surface area contributed by atoms with Gasteiger partial charge in [-0.1, -0.05) is 42.5 Å². The van der Waals surface area contributed by atoms with Gasteiger partial charge in [0.1, 0.15) is 0 Å². The van der Waals surface area contributed by atoms with E-state index < -0.39 is 10.0 Å². The van der Waals surface area contributed by atoms with Crippen LogP contribution in [0.4, 0.5) is 11.4 Å². The molecule has 0 fully saturated rings. The van der Waals surface area contributed by atoms with Gasteiger partial charge >= 0.3 is 0 Å². The Kier molecular flexibility index (Phi) is 7.31. The summed E-state index contributed by atoms with van der Waals surface area (Å²) < 4.78 is 26.8. The third-order valence-corrected chi connectivity index (χ3v) is 6.83. The minimum atomic E-state index is -3.70. The first-order chi connectivity index (χ1) is 14.9. The van der Waals surface area contributed by atoms with Crippen molar-refractivity contribution in [3.8, 4) is 0 Å². The second kappa shape index (κ2) is 10.1. The SMILES string of the molecule is CN(CCCNC(=O)c1cccc(N(C)S(=O)(=O)c2ccccc2)c1)c1ccccc1. The van der Waals surface area contributed by atoms with Crippen LogP contribution in [0, 0.1) is 0 Å². The number of nitrogens with one attached hydrogen (secondary N) is 1. The summed E-state index contributed by atoms with van der Waals surface area (Å²) in [7, 11) is -0.193. The lowest BCUT2D eigenvalue weighted by Gasteiger charge is -2.20.